The summed E-state index contributed by atoms with van der Waals surface area (Å²) < 4.78 is 1.23. The van der Waals surface area contributed by atoms with Crippen molar-refractivity contribution in [2.45, 2.75) is 71.5 Å². The summed E-state index contributed by atoms with van der Waals surface area (Å²) in [5.74, 6) is 0. The maximum Gasteiger partial charge on any atom is 0.0380 e. The monoisotopic (exact) mass is 352 g/mol. The molecule has 1 aliphatic carbocycles. The van der Waals surface area contributed by atoms with Crippen LogP contribution in [-0.2, 0) is 6.54 Å². The Morgan fingerprint density at radius 2 is 2.10 bits per heavy atom. The second-order valence-corrected chi connectivity index (χ2v) is 7.09. The fraction of sp³-hybridized carbons (Fsp3) is 0.667. The molecule has 0 aliphatic heterocycles. The molecule has 0 saturated heterocycles. The van der Waals surface area contributed by atoms with Gasteiger partial charge >= 0.3 is 0 Å². The Morgan fingerprint density at radius 3 is 2.67 bits per heavy atom. The van der Waals surface area contributed by atoms with E-state index in [0.29, 0.717) is 6.04 Å². The third-order valence-corrected chi connectivity index (χ3v) is 5.14. The highest BCUT2D eigenvalue weighted by Gasteiger charge is 2.20. The molecule has 2 nitrogen and oxygen atoms in total. The Hall–Kier alpha value is -0.540. The molecule has 0 heterocycles. The van der Waals surface area contributed by atoms with Gasteiger partial charge in [-0.1, -0.05) is 42.3 Å². The number of benzene rings is 1. The van der Waals surface area contributed by atoms with Gasteiger partial charge in [0.1, 0.15) is 0 Å². The van der Waals surface area contributed by atoms with E-state index < -0.39 is 0 Å². The summed E-state index contributed by atoms with van der Waals surface area (Å²) in [5.41, 5.74) is 2.71. The summed E-state index contributed by atoms with van der Waals surface area (Å²) in [4.78, 5) is 2.55. The average molecular weight is 353 g/mol. The van der Waals surface area contributed by atoms with Gasteiger partial charge in [0.25, 0.3) is 0 Å². The van der Waals surface area contributed by atoms with Crippen LogP contribution in [0, 0.1) is 0 Å². The van der Waals surface area contributed by atoms with E-state index in [1.807, 2.05) is 0 Å². The van der Waals surface area contributed by atoms with Crippen molar-refractivity contribution in [3.05, 3.63) is 28.2 Å². The van der Waals surface area contributed by atoms with Gasteiger partial charge in [0, 0.05) is 35.3 Å². The van der Waals surface area contributed by atoms with Gasteiger partial charge in [-0.25, -0.2) is 0 Å². The van der Waals surface area contributed by atoms with Crippen LogP contribution in [0.15, 0.2) is 22.7 Å². The topological polar surface area (TPSA) is 15.3 Å². The lowest BCUT2D eigenvalue weighted by molar-refractivity contribution is 0.595. The molecule has 1 aromatic carbocycles. The highest BCUT2D eigenvalue weighted by Crippen LogP contribution is 2.27. The average Bonchev–Trinajstić information content (AvgIpc) is 3.30. The first-order chi connectivity index (χ1) is 10.2. The van der Waals surface area contributed by atoms with Crippen LogP contribution in [0.5, 0.6) is 0 Å². The number of anilines is 1. The van der Waals surface area contributed by atoms with Gasteiger partial charge in [0.05, 0.1) is 0 Å². The zero-order valence-electron chi connectivity index (χ0n) is 13.7. The van der Waals surface area contributed by atoms with Crippen LogP contribution in [-0.4, -0.2) is 18.6 Å². The van der Waals surface area contributed by atoms with Crippen LogP contribution in [0.1, 0.15) is 58.4 Å². The summed E-state index contributed by atoms with van der Waals surface area (Å²) >= 11 is 3.76. The molecule has 0 bridgehead atoms. The number of halogens is 1. The first kappa shape index (κ1) is 16.8. The second kappa shape index (κ2) is 8.19. The van der Waals surface area contributed by atoms with E-state index in [2.05, 4.69) is 65.1 Å². The van der Waals surface area contributed by atoms with Gasteiger partial charge in [-0.15, -0.1) is 0 Å². The van der Waals surface area contributed by atoms with E-state index in [1.54, 1.807) is 0 Å². The lowest BCUT2D eigenvalue weighted by atomic mass is 10.1. The Bertz CT molecular complexity index is 443. The molecule has 1 aliphatic rings. The second-order valence-electron chi connectivity index (χ2n) is 6.24. The molecule has 118 valence electrons. The zero-order chi connectivity index (χ0) is 15.2. The molecule has 3 heteroatoms. The fourth-order valence-electron chi connectivity index (χ4n) is 2.55. The minimum atomic E-state index is 0.596. The van der Waals surface area contributed by atoms with Crippen molar-refractivity contribution in [2.24, 2.45) is 0 Å². The molecular formula is C18H29BrN2. The summed E-state index contributed by atoms with van der Waals surface area (Å²) in [5, 5.41) is 3.59. The number of hydrogen-bond acceptors (Lipinski definition) is 2. The van der Waals surface area contributed by atoms with Crippen LogP contribution in [0.2, 0.25) is 0 Å². The highest BCUT2D eigenvalue weighted by molar-refractivity contribution is 9.10. The van der Waals surface area contributed by atoms with Gasteiger partial charge in [-0.2, -0.15) is 0 Å². The van der Waals surface area contributed by atoms with Gasteiger partial charge in [-0.05, 0) is 50.3 Å². The standard InChI is InChI=1S/C18H29BrN2/c1-4-6-11-21(14(3)5-2)17-10-7-15(18(19)12-17)13-20-16-8-9-16/h7,10,12,14,16,20H,4-6,8-9,11,13H2,1-3H3. The Balaban J connectivity index is 2.06. The smallest absolute Gasteiger partial charge is 0.0380 e. The van der Waals surface area contributed by atoms with E-state index in [4.69, 9.17) is 0 Å². The minimum absolute atomic E-state index is 0.596. The maximum atomic E-state index is 3.76. The molecule has 0 amide bonds. The van der Waals surface area contributed by atoms with E-state index in [9.17, 15) is 0 Å². The molecule has 1 N–H and O–H groups in total. The minimum Gasteiger partial charge on any atom is -0.369 e. The summed E-state index contributed by atoms with van der Waals surface area (Å²) in [7, 11) is 0. The Kier molecular flexibility index (Phi) is 6.56. The molecule has 21 heavy (non-hydrogen) atoms. The normalized spacial score (nSPS) is 16.0. The largest absolute Gasteiger partial charge is 0.369 e. The van der Waals surface area contributed by atoms with Gasteiger partial charge < -0.3 is 10.2 Å². The van der Waals surface area contributed by atoms with E-state index in [-0.39, 0.29) is 0 Å². The molecule has 1 atom stereocenters. The number of nitrogens with zero attached hydrogens (tertiary/aromatic N) is 1. The van der Waals surface area contributed by atoms with Crippen molar-refractivity contribution in [1.29, 1.82) is 0 Å². The van der Waals surface area contributed by atoms with Crippen molar-refractivity contribution in [1.82, 2.24) is 5.32 Å². The molecule has 1 unspecified atom stereocenters. The Labute approximate surface area is 138 Å². The van der Waals surface area contributed by atoms with Crippen molar-refractivity contribution in [2.75, 3.05) is 11.4 Å². The van der Waals surface area contributed by atoms with Crippen molar-refractivity contribution < 1.29 is 0 Å². The van der Waals surface area contributed by atoms with Crippen molar-refractivity contribution in [3.63, 3.8) is 0 Å². The number of rotatable bonds is 9. The molecule has 2 rings (SSSR count). The summed E-state index contributed by atoms with van der Waals surface area (Å²) in [6, 6.07) is 8.22. The zero-order valence-corrected chi connectivity index (χ0v) is 15.2. The number of hydrogen-bond donors (Lipinski definition) is 1. The molecule has 0 aromatic heterocycles. The molecule has 0 spiro atoms. The van der Waals surface area contributed by atoms with Gasteiger partial charge in [0.15, 0.2) is 0 Å². The number of nitrogens with one attached hydrogen (secondary N) is 1. The van der Waals surface area contributed by atoms with Crippen LogP contribution < -0.4 is 10.2 Å². The van der Waals surface area contributed by atoms with Crippen LogP contribution in [0.25, 0.3) is 0 Å². The van der Waals surface area contributed by atoms with Crippen molar-refractivity contribution in [3.8, 4) is 0 Å². The SMILES string of the molecule is CCCCN(c1ccc(CNC2CC2)c(Br)c1)C(C)CC. The lowest BCUT2D eigenvalue weighted by Gasteiger charge is -2.31. The van der Waals surface area contributed by atoms with Crippen LogP contribution >= 0.6 is 15.9 Å². The quantitative estimate of drug-likeness (QED) is 0.664. The predicted molar refractivity (Wildman–Crippen MR) is 96.0 cm³/mol. The molecular weight excluding hydrogens is 324 g/mol. The highest BCUT2D eigenvalue weighted by atomic mass is 79.9. The number of unbranched alkanes of at least 4 members (excludes halogenated alkanes) is 1. The Morgan fingerprint density at radius 1 is 1.33 bits per heavy atom. The third kappa shape index (κ3) is 5.00. The first-order valence-corrected chi connectivity index (χ1v) is 9.23. The summed E-state index contributed by atoms with van der Waals surface area (Å²) in [6.07, 6.45) is 6.37. The van der Waals surface area contributed by atoms with Crippen LogP contribution in [0.4, 0.5) is 5.69 Å². The van der Waals surface area contributed by atoms with E-state index in [0.717, 1.165) is 19.1 Å². The van der Waals surface area contributed by atoms with Gasteiger partial charge in [-0.3, -0.25) is 0 Å². The first-order valence-electron chi connectivity index (χ1n) is 8.44. The van der Waals surface area contributed by atoms with Crippen molar-refractivity contribution >= 4 is 21.6 Å². The molecule has 1 saturated carbocycles. The third-order valence-electron chi connectivity index (χ3n) is 4.40. The molecule has 1 aromatic rings. The lowest BCUT2D eigenvalue weighted by Crippen LogP contribution is -2.33. The molecule has 1 fully saturated rings. The molecule has 0 radical (unpaired) electrons. The van der Waals surface area contributed by atoms with E-state index in [1.165, 1.54) is 47.8 Å². The van der Waals surface area contributed by atoms with Gasteiger partial charge in [0.2, 0.25) is 0 Å². The van der Waals surface area contributed by atoms with E-state index >= 15 is 0 Å². The van der Waals surface area contributed by atoms with Crippen LogP contribution in [0.3, 0.4) is 0 Å². The maximum absolute atomic E-state index is 3.76. The summed E-state index contributed by atoms with van der Waals surface area (Å²) in [6.45, 7) is 8.98. The predicted octanol–water partition coefficient (Wildman–Crippen LogP) is 5.11. The fourth-order valence-corrected chi connectivity index (χ4v) is 3.06.